The monoisotopic (exact) mass is 683 g/mol. The summed E-state index contributed by atoms with van der Waals surface area (Å²) in [7, 11) is 0. The molecule has 2 aliphatic carbocycles. The molecule has 4 rings (SSSR count). The number of carbonyl (C=O) groups is 5. The lowest BCUT2D eigenvalue weighted by atomic mass is 9.82. The van der Waals surface area contributed by atoms with Crippen LogP contribution in [0.15, 0.2) is 18.6 Å². The Labute approximate surface area is 290 Å². The van der Waals surface area contributed by atoms with Gasteiger partial charge in [-0.25, -0.2) is 4.98 Å². The normalized spacial score (nSPS) is 22.5. The average molecular weight is 684 g/mol. The van der Waals surface area contributed by atoms with Gasteiger partial charge in [0.2, 0.25) is 17.7 Å². The van der Waals surface area contributed by atoms with Crippen molar-refractivity contribution in [1.82, 2.24) is 36.1 Å². The van der Waals surface area contributed by atoms with Crippen molar-refractivity contribution >= 4 is 29.5 Å². The zero-order valence-corrected chi connectivity index (χ0v) is 30.0. The van der Waals surface area contributed by atoms with Crippen LogP contribution in [0.3, 0.4) is 0 Å². The van der Waals surface area contributed by atoms with Gasteiger partial charge in [0, 0.05) is 25.0 Å². The molecule has 2 saturated carbocycles. The number of nitrogens with one attached hydrogen (secondary N) is 4. The van der Waals surface area contributed by atoms with E-state index in [2.05, 4.69) is 31.2 Å². The molecule has 3 fully saturated rings. The fraction of sp³-hybridized carbons (Fsp3) is 0.750. The average Bonchev–Trinajstić information content (AvgIpc) is 3.77. The molecule has 5 amide bonds. The lowest BCUT2D eigenvalue weighted by Gasteiger charge is -2.38. The summed E-state index contributed by atoms with van der Waals surface area (Å²) in [6.45, 7) is 11.8. The summed E-state index contributed by atoms with van der Waals surface area (Å²) in [4.78, 5) is 78.3. The highest BCUT2D eigenvalue weighted by Crippen LogP contribution is 2.34. The minimum atomic E-state index is -1.41. The Balaban J connectivity index is 1.56. The number of likely N-dealkylation sites (tertiary alicyclic amines) is 1. The minimum Gasteiger partial charge on any atom is -0.381 e. The second kappa shape index (κ2) is 16.9. The lowest BCUT2D eigenvalue weighted by molar-refractivity contribution is -0.146. The molecule has 2 heterocycles. The Morgan fingerprint density at radius 2 is 1.63 bits per heavy atom. The molecule has 13 nitrogen and oxygen atoms in total. The molecule has 1 aromatic rings. The van der Waals surface area contributed by atoms with Crippen molar-refractivity contribution in [1.29, 1.82) is 0 Å². The third-order valence-corrected chi connectivity index (χ3v) is 10.2. The first-order valence-electron chi connectivity index (χ1n) is 18.2. The fourth-order valence-corrected chi connectivity index (χ4v) is 7.23. The van der Waals surface area contributed by atoms with Gasteiger partial charge in [0.25, 0.3) is 11.8 Å². The van der Waals surface area contributed by atoms with Crippen LogP contribution in [-0.4, -0.2) is 92.4 Å². The van der Waals surface area contributed by atoms with Gasteiger partial charge in [-0.1, -0.05) is 67.2 Å². The van der Waals surface area contributed by atoms with E-state index in [1.54, 1.807) is 4.90 Å². The number of aliphatic hydroxyl groups is 1. The highest BCUT2D eigenvalue weighted by atomic mass is 16.3. The molecule has 49 heavy (non-hydrogen) atoms. The summed E-state index contributed by atoms with van der Waals surface area (Å²) in [6.07, 6.45) is 10.6. The van der Waals surface area contributed by atoms with Crippen molar-refractivity contribution in [3.05, 3.63) is 24.3 Å². The van der Waals surface area contributed by atoms with E-state index in [9.17, 15) is 29.1 Å². The quantitative estimate of drug-likeness (QED) is 0.198. The first kappa shape index (κ1) is 38.2. The maximum Gasteiger partial charge on any atom is 0.272 e. The molecule has 3 aliphatic rings. The van der Waals surface area contributed by atoms with Crippen molar-refractivity contribution in [3.8, 4) is 0 Å². The summed E-state index contributed by atoms with van der Waals surface area (Å²) in [6, 6.07) is -3.48. The van der Waals surface area contributed by atoms with Gasteiger partial charge in [-0.15, -0.1) is 0 Å². The summed E-state index contributed by atoms with van der Waals surface area (Å²) >= 11 is 0. The van der Waals surface area contributed by atoms with Gasteiger partial charge < -0.3 is 31.3 Å². The highest BCUT2D eigenvalue weighted by Gasteiger charge is 2.48. The standard InChI is InChI=1S/C36H57N7O6/c1-7-11-25(29(44)34(48)39-23-14-15-23)40-33(47)28-24(21(2)3)16-19-43(28)35(49)30(36(4,5)6)42-32(46)27(22-12-9-8-10-13-22)41-31(45)26-20-37-17-18-38-26/h17-18,20-25,27-30,44H,7-16,19H2,1-6H3,(H,39,48)(H,40,47)(H,41,45)(H,42,46)/t24?,25-,27-,28-,29?,30+/m0/s1. The summed E-state index contributed by atoms with van der Waals surface area (Å²) < 4.78 is 0. The first-order chi connectivity index (χ1) is 23.2. The SMILES string of the molecule is CCC[C@H](NC(=O)[C@@H]1C(C(C)C)CCN1C(=O)[C@@H](NC(=O)[C@@H](NC(=O)c1cnccn1)C1CCCCC1)C(C)(C)C)C(O)C(=O)NC1CC1. The van der Waals surface area contributed by atoms with Crippen LogP contribution >= 0.6 is 0 Å². The molecule has 1 aromatic heterocycles. The first-order valence-corrected chi connectivity index (χ1v) is 18.2. The van der Waals surface area contributed by atoms with Gasteiger partial charge in [-0.2, -0.15) is 0 Å². The Morgan fingerprint density at radius 1 is 0.939 bits per heavy atom. The molecular formula is C36H57N7O6. The zero-order chi connectivity index (χ0) is 35.9. The number of nitrogens with zero attached hydrogens (tertiary/aromatic N) is 3. The van der Waals surface area contributed by atoms with Crippen LogP contribution in [0.25, 0.3) is 0 Å². The van der Waals surface area contributed by atoms with Gasteiger partial charge in [-0.3, -0.25) is 29.0 Å². The van der Waals surface area contributed by atoms with E-state index >= 15 is 0 Å². The highest BCUT2D eigenvalue weighted by molar-refractivity contribution is 5.98. The van der Waals surface area contributed by atoms with Crippen LogP contribution in [0.5, 0.6) is 0 Å². The molecule has 1 saturated heterocycles. The van der Waals surface area contributed by atoms with Gasteiger partial charge in [0.15, 0.2) is 6.10 Å². The van der Waals surface area contributed by atoms with Crippen LogP contribution in [0, 0.1) is 23.2 Å². The molecule has 0 aromatic carbocycles. The fourth-order valence-electron chi connectivity index (χ4n) is 7.23. The second-order valence-corrected chi connectivity index (χ2v) is 15.6. The lowest BCUT2D eigenvalue weighted by Crippen LogP contribution is -2.62. The molecule has 5 N–H and O–H groups in total. The molecule has 0 spiro atoms. The van der Waals surface area contributed by atoms with Gasteiger partial charge in [-0.05, 0) is 61.7 Å². The van der Waals surface area contributed by atoms with Crippen molar-refractivity contribution in [2.45, 2.75) is 142 Å². The molecule has 6 atom stereocenters. The molecule has 0 bridgehead atoms. The third kappa shape index (κ3) is 9.98. The molecule has 272 valence electrons. The van der Waals surface area contributed by atoms with E-state index in [1.165, 1.54) is 18.6 Å². The minimum absolute atomic E-state index is 0.0657. The largest absolute Gasteiger partial charge is 0.381 e. The summed E-state index contributed by atoms with van der Waals surface area (Å²) in [5.41, 5.74) is -0.640. The number of carbonyl (C=O) groups excluding carboxylic acids is 5. The topological polar surface area (TPSA) is 183 Å². The number of aromatic nitrogens is 2. The Morgan fingerprint density at radius 3 is 2.20 bits per heavy atom. The van der Waals surface area contributed by atoms with Crippen molar-refractivity contribution in [2.75, 3.05) is 6.54 Å². The molecule has 0 radical (unpaired) electrons. The third-order valence-electron chi connectivity index (χ3n) is 10.2. The van der Waals surface area contributed by atoms with Crippen LogP contribution in [-0.2, 0) is 19.2 Å². The number of amides is 5. The predicted octanol–water partition coefficient (Wildman–Crippen LogP) is 2.48. The van der Waals surface area contributed by atoms with Gasteiger partial charge in [0.05, 0.1) is 12.2 Å². The zero-order valence-electron chi connectivity index (χ0n) is 30.0. The Hall–Kier alpha value is -3.61. The Bertz CT molecular complexity index is 1310. The van der Waals surface area contributed by atoms with Crippen LogP contribution < -0.4 is 21.3 Å². The Kier molecular flexibility index (Phi) is 13.1. The molecular weight excluding hydrogens is 626 g/mol. The number of hydrogen-bond donors (Lipinski definition) is 5. The van der Waals surface area contributed by atoms with E-state index in [1.807, 2.05) is 41.5 Å². The van der Waals surface area contributed by atoms with E-state index in [0.717, 1.165) is 44.9 Å². The van der Waals surface area contributed by atoms with Crippen LogP contribution in [0.1, 0.15) is 116 Å². The van der Waals surface area contributed by atoms with Crippen LogP contribution in [0.4, 0.5) is 0 Å². The van der Waals surface area contributed by atoms with Crippen molar-refractivity contribution in [2.24, 2.45) is 23.2 Å². The van der Waals surface area contributed by atoms with Crippen LogP contribution in [0.2, 0.25) is 0 Å². The molecule has 13 heteroatoms. The maximum atomic E-state index is 14.5. The van der Waals surface area contributed by atoms with Gasteiger partial charge >= 0.3 is 0 Å². The van der Waals surface area contributed by atoms with E-state index in [-0.39, 0.29) is 35.4 Å². The van der Waals surface area contributed by atoms with Crippen molar-refractivity contribution < 1.29 is 29.1 Å². The second-order valence-electron chi connectivity index (χ2n) is 15.6. The number of hydrogen-bond acceptors (Lipinski definition) is 8. The molecule has 1 aliphatic heterocycles. The molecule has 2 unspecified atom stereocenters. The van der Waals surface area contributed by atoms with E-state index in [4.69, 9.17) is 0 Å². The van der Waals surface area contributed by atoms with E-state index in [0.29, 0.717) is 25.8 Å². The summed E-state index contributed by atoms with van der Waals surface area (Å²) in [5.74, 6) is -2.48. The maximum absolute atomic E-state index is 14.5. The van der Waals surface area contributed by atoms with E-state index < -0.39 is 59.3 Å². The number of aliphatic hydroxyl groups excluding tert-OH is 1. The number of rotatable bonds is 14. The summed E-state index contributed by atoms with van der Waals surface area (Å²) in [5, 5.41) is 22.6. The smallest absolute Gasteiger partial charge is 0.272 e. The van der Waals surface area contributed by atoms with Crippen molar-refractivity contribution in [3.63, 3.8) is 0 Å². The van der Waals surface area contributed by atoms with Gasteiger partial charge in [0.1, 0.15) is 23.8 Å². The predicted molar refractivity (Wildman–Crippen MR) is 184 cm³/mol.